The number of nitrogens with zero attached hydrogens (tertiary/aromatic N) is 1. The van der Waals surface area contributed by atoms with Crippen molar-refractivity contribution in [2.45, 2.75) is 56.8 Å². The van der Waals surface area contributed by atoms with Gasteiger partial charge in [-0.05, 0) is 54.3 Å². The highest BCUT2D eigenvalue weighted by Gasteiger charge is 2.48. The Labute approximate surface area is 216 Å². The van der Waals surface area contributed by atoms with Crippen LogP contribution in [0.4, 0.5) is 22.0 Å². The van der Waals surface area contributed by atoms with Crippen LogP contribution in [-0.4, -0.2) is 42.1 Å². The Morgan fingerprint density at radius 2 is 1.84 bits per heavy atom. The van der Waals surface area contributed by atoms with Gasteiger partial charge in [0.05, 0.1) is 30.8 Å². The van der Waals surface area contributed by atoms with E-state index in [1.165, 1.54) is 24.3 Å². The molecule has 3 heterocycles. The maximum absolute atomic E-state index is 13.7. The molecule has 0 aromatic heterocycles. The van der Waals surface area contributed by atoms with Gasteiger partial charge in [-0.25, -0.2) is 8.78 Å². The molecule has 1 amide bonds. The van der Waals surface area contributed by atoms with Crippen molar-refractivity contribution in [3.63, 3.8) is 0 Å². The largest absolute Gasteiger partial charge is 0.465 e. The fraction of sp³-hybridized carbons (Fsp3) is 0.429. The van der Waals surface area contributed by atoms with Gasteiger partial charge in [0.25, 0.3) is 0 Å². The quantitative estimate of drug-likeness (QED) is 0.355. The predicted molar refractivity (Wildman–Crippen MR) is 126 cm³/mol. The number of cyclic esters (lactones) is 1. The van der Waals surface area contributed by atoms with Crippen molar-refractivity contribution in [2.24, 2.45) is 5.92 Å². The van der Waals surface area contributed by atoms with Crippen LogP contribution in [0.2, 0.25) is 0 Å². The average Bonchev–Trinajstić information content (AvgIpc) is 3.47. The van der Waals surface area contributed by atoms with Crippen LogP contribution in [0, 0.1) is 11.7 Å². The van der Waals surface area contributed by atoms with Crippen LogP contribution in [0.25, 0.3) is 0 Å². The molecule has 3 aliphatic rings. The lowest BCUT2D eigenvalue weighted by Crippen LogP contribution is -2.40. The number of fused-ring (bicyclic) bond motifs is 1. The summed E-state index contributed by atoms with van der Waals surface area (Å²) < 4.78 is 78.8. The number of hydrogen-bond donors (Lipinski definition) is 0. The fourth-order valence-electron chi connectivity index (χ4n) is 5.74. The van der Waals surface area contributed by atoms with Crippen LogP contribution in [0.5, 0.6) is 0 Å². The first-order valence-corrected chi connectivity index (χ1v) is 12.4. The van der Waals surface area contributed by atoms with Gasteiger partial charge in [-0.15, -0.1) is 0 Å². The minimum Gasteiger partial charge on any atom is -0.465 e. The first-order chi connectivity index (χ1) is 18.0. The van der Waals surface area contributed by atoms with Gasteiger partial charge >= 0.3 is 12.1 Å². The molecule has 2 aromatic rings. The van der Waals surface area contributed by atoms with Gasteiger partial charge in [-0.3, -0.25) is 9.59 Å². The number of amides is 1. The molecule has 0 bridgehead atoms. The Hall–Kier alpha value is -3.27. The van der Waals surface area contributed by atoms with Crippen LogP contribution < -0.4 is 0 Å². The van der Waals surface area contributed by atoms with Crippen LogP contribution >= 0.6 is 0 Å². The Kier molecular flexibility index (Phi) is 7.02. The van der Waals surface area contributed by atoms with E-state index < -0.39 is 42.4 Å². The van der Waals surface area contributed by atoms with Crippen molar-refractivity contribution in [2.75, 3.05) is 13.2 Å². The average molecular weight is 536 g/mol. The molecule has 0 saturated carbocycles. The molecular formula is C28H26F5NO4. The van der Waals surface area contributed by atoms with Crippen molar-refractivity contribution in [1.29, 1.82) is 0 Å². The molecule has 5 rings (SSSR count). The van der Waals surface area contributed by atoms with Gasteiger partial charge in [0.15, 0.2) is 0 Å². The zero-order valence-corrected chi connectivity index (χ0v) is 20.5. The lowest BCUT2D eigenvalue weighted by molar-refractivity contribution is -0.138. The molecule has 0 N–H and O–H groups in total. The maximum atomic E-state index is 13.7. The third-order valence-corrected chi connectivity index (χ3v) is 7.61. The van der Waals surface area contributed by atoms with E-state index in [1.807, 2.05) is 0 Å². The third-order valence-electron chi connectivity index (χ3n) is 7.61. The summed E-state index contributed by atoms with van der Waals surface area (Å²) in [6.07, 6.45) is -3.95. The number of carbonyl (C=O) groups excluding carboxylic acids is 2. The molecule has 3 aliphatic heterocycles. The zero-order valence-electron chi connectivity index (χ0n) is 20.5. The summed E-state index contributed by atoms with van der Waals surface area (Å²) in [5, 5.41) is 0. The van der Waals surface area contributed by atoms with Crippen LogP contribution in [0.15, 0.2) is 54.1 Å². The number of halogens is 5. The summed E-state index contributed by atoms with van der Waals surface area (Å²) in [5.74, 6) is -1.61. The topological polar surface area (TPSA) is 55.8 Å². The summed E-state index contributed by atoms with van der Waals surface area (Å²) in [6, 6.07) is 8.55. The monoisotopic (exact) mass is 535 g/mol. The van der Waals surface area contributed by atoms with Gasteiger partial charge in [-0.1, -0.05) is 23.8 Å². The van der Waals surface area contributed by atoms with Crippen molar-refractivity contribution in [3.05, 3.63) is 82.2 Å². The Morgan fingerprint density at radius 1 is 1.11 bits per heavy atom. The van der Waals surface area contributed by atoms with E-state index in [2.05, 4.69) is 0 Å². The molecule has 2 fully saturated rings. The highest BCUT2D eigenvalue weighted by Crippen LogP contribution is 2.44. The van der Waals surface area contributed by atoms with E-state index in [1.54, 1.807) is 24.0 Å². The number of ether oxygens (including phenoxy) is 2. The van der Waals surface area contributed by atoms with Crippen molar-refractivity contribution in [3.8, 4) is 0 Å². The first-order valence-electron chi connectivity index (χ1n) is 12.4. The van der Waals surface area contributed by atoms with Crippen molar-refractivity contribution in [1.82, 2.24) is 4.90 Å². The van der Waals surface area contributed by atoms with E-state index in [0.717, 1.165) is 23.3 Å². The number of hydrogen-bond acceptors (Lipinski definition) is 4. The molecule has 0 spiro atoms. The van der Waals surface area contributed by atoms with Crippen LogP contribution in [0.3, 0.4) is 0 Å². The van der Waals surface area contributed by atoms with E-state index in [0.29, 0.717) is 6.42 Å². The molecule has 5 nitrogen and oxygen atoms in total. The summed E-state index contributed by atoms with van der Waals surface area (Å²) in [5.41, 5.74) is 0.614. The number of esters is 1. The second-order valence-corrected chi connectivity index (χ2v) is 10.1. The van der Waals surface area contributed by atoms with Gasteiger partial charge in [0.1, 0.15) is 12.5 Å². The molecule has 5 atom stereocenters. The van der Waals surface area contributed by atoms with Crippen molar-refractivity contribution < 1.29 is 41.0 Å². The van der Waals surface area contributed by atoms with Gasteiger partial charge in [0, 0.05) is 30.5 Å². The maximum Gasteiger partial charge on any atom is 0.416 e. The molecule has 2 saturated heterocycles. The fourth-order valence-corrected chi connectivity index (χ4v) is 5.74. The second-order valence-electron chi connectivity index (χ2n) is 10.1. The first kappa shape index (κ1) is 26.3. The summed E-state index contributed by atoms with van der Waals surface area (Å²) in [7, 11) is 0. The van der Waals surface area contributed by atoms with E-state index >= 15 is 0 Å². The van der Waals surface area contributed by atoms with Crippen molar-refractivity contribution >= 4 is 11.9 Å². The Morgan fingerprint density at radius 3 is 2.47 bits per heavy atom. The van der Waals surface area contributed by atoms with Gasteiger partial charge in [-0.2, -0.15) is 13.2 Å². The smallest absolute Gasteiger partial charge is 0.416 e. The number of alkyl halides is 4. The minimum absolute atomic E-state index is 0.110. The van der Waals surface area contributed by atoms with E-state index in [4.69, 9.17) is 9.47 Å². The third kappa shape index (κ3) is 5.18. The summed E-state index contributed by atoms with van der Waals surface area (Å²) in [4.78, 5) is 26.5. The second kappa shape index (κ2) is 10.1. The predicted octanol–water partition coefficient (Wildman–Crippen LogP) is 5.65. The molecule has 202 valence electrons. The lowest BCUT2D eigenvalue weighted by Gasteiger charge is -2.34. The molecule has 0 radical (unpaired) electrons. The molecule has 38 heavy (non-hydrogen) atoms. The highest BCUT2D eigenvalue weighted by molar-refractivity contribution is 5.90. The van der Waals surface area contributed by atoms with Gasteiger partial charge < -0.3 is 14.4 Å². The lowest BCUT2D eigenvalue weighted by atomic mass is 9.81. The Bertz CT molecular complexity index is 1260. The van der Waals surface area contributed by atoms with E-state index in [-0.39, 0.29) is 54.5 Å². The highest BCUT2D eigenvalue weighted by atomic mass is 19.4. The molecular weight excluding hydrogens is 509 g/mol. The molecule has 0 aliphatic carbocycles. The SMILES string of the molecule is C[C@@H](O[C@H]1CN2C(=O)C=C(C3COC(=O)C3)CC2C1c1ccc(F)cc1)c1cc(CF)cc(C(F)(F)F)c1. The zero-order chi connectivity index (χ0) is 27.2. The Balaban J connectivity index is 1.45. The minimum atomic E-state index is -4.65. The molecule has 10 heteroatoms. The van der Waals surface area contributed by atoms with Gasteiger partial charge in [0.2, 0.25) is 5.91 Å². The summed E-state index contributed by atoms with van der Waals surface area (Å²) in [6.45, 7) is 0.908. The van der Waals surface area contributed by atoms with E-state index in [9.17, 15) is 31.5 Å². The number of benzene rings is 2. The standard InChI is InChI=1S/C28H26F5NO4/c1-15(18-6-16(12-29)7-21(8-18)28(31,32)33)38-24-13-34-23(27(24)17-2-4-22(30)5-3-17)9-19(10-25(34)35)20-11-26(36)37-14-20/h2-8,10,15,20,23-24,27H,9,11-14H2,1H3/t15-,20?,23?,24+,27?/m1/s1. The normalized spacial score (nSPS) is 26.3. The number of carbonyl (C=O) groups is 2. The summed E-state index contributed by atoms with van der Waals surface area (Å²) >= 11 is 0. The molecule has 3 unspecified atom stereocenters. The van der Waals surface area contributed by atoms with Crippen LogP contribution in [-0.2, 0) is 31.9 Å². The van der Waals surface area contributed by atoms with Crippen LogP contribution in [0.1, 0.15) is 54.0 Å². The number of rotatable bonds is 6. The molecule has 2 aromatic carbocycles.